The molecular formula is C15H21FO2. The van der Waals surface area contributed by atoms with E-state index in [4.69, 9.17) is 4.74 Å². The molecule has 18 heavy (non-hydrogen) atoms. The molecule has 1 N–H and O–H groups in total. The first-order valence-electron chi connectivity index (χ1n) is 6.65. The normalized spacial score (nSPS) is 24.7. The van der Waals surface area contributed by atoms with Crippen LogP contribution in [0.5, 0.6) is 0 Å². The second-order valence-corrected chi connectivity index (χ2v) is 5.17. The number of halogens is 1. The van der Waals surface area contributed by atoms with Crippen molar-refractivity contribution in [1.82, 2.24) is 0 Å². The van der Waals surface area contributed by atoms with Gasteiger partial charge in [0.1, 0.15) is 5.82 Å². The first kappa shape index (κ1) is 13.5. The van der Waals surface area contributed by atoms with Crippen molar-refractivity contribution in [2.45, 2.75) is 45.3 Å². The van der Waals surface area contributed by atoms with Crippen molar-refractivity contribution in [3.8, 4) is 0 Å². The summed E-state index contributed by atoms with van der Waals surface area (Å²) in [4.78, 5) is 0. The summed E-state index contributed by atoms with van der Waals surface area (Å²) in [6, 6.07) is 4.84. The molecule has 2 nitrogen and oxygen atoms in total. The summed E-state index contributed by atoms with van der Waals surface area (Å²) < 4.78 is 18.6. The molecule has 0 heterocycles. The van der Waals surface area contributed by atoms with E-state index in [9.17, 15) is 9.50 Å². The molecule has 0 amide bonds. The quantitative estimate of drug-likeness (QED) is 0.870. The number of aliphatic hydroxyl groups excluding tert-OH is 1. The van der Waals surface area contributed by atoms with Gasteiger partial charge in [-0.25, -0.2) is 4.39 Å². The topological polar surface area (TPSA) is 29.5 Å². The summed E-state index contributed by atoms with van der Waals surface area (Å²) in [5, 5.41) is 10.1. The Hall–Kier alpha value is -0.930. The standard InChI is InChI=1S/C15H21FO2/c1-3-18-13-7-11(8-13)9-15(17)12-4-5-14(16)10(2)6-12/h4-6,11,13,15,17H,3,7-9H2,1-2H3. The van der Waals surface area contributed by atoms with Crippen molar-refractivity contribution in [3.05, 3.63) is 35.1 Å². The van der Waals surface area contributed by atoms with Gasteiger partial charge < -0.3 is 9.84 Å². The monoisotopic (exact) mass is 252 g/mol. The van der Waals surface area contributed by atoms with E-state index in [1.165, 1.54) is 6.07 Å². The molecule has 0 aliphatic heterocycles. The van der Waals surface area contributed by atoms with Gasteiger partial charge in [0.25, 0.3) is 0 Å². The molecule has 1 fully saturated rings. The van der Waals surface area contributed by atoms with Gasteiger partial charge in [0.2, 0.25) is 0 Å². The Morgan fingerprint density at radius 3 is 2.78 bits per heavy atom. The Morgan fingerprint density at radius 1 is 1.44 bits per heavy atom. The van der Waals surface area contributed by atoms with Crippen LogP contribution in [0.25, 0.3) is 0 Å². The fourth-order valence-corrected chi connectivity index (χ4v) is 2.57. The minimum Gasteiger partial charge on any atom is -0.388 e. The van der Waals surface area contributed by atoms with E-state index < -0.39 is 6.10 Å². The smallest absolute Gasteiger partial charge is 0.126 e. The predicted molar refractivity (Wildman–Crippen MR) is 68.9 cm³/mol. The number of ether oxygens (including phenoxy) is 1. The van der Waals surface area contributed by atoms with E-state index in [1.54, 1.807) is 19.1 Å². The number of rotatable bonds is 5. The van der Waals surface area contributed by atoms with Crippen LogP contribution in [0.15, 0.2) is 18.2 Å². The van der Waals surface area contributed by atoms with E-state index in [0.717, 1.165) is 31.4 Å². The first-order valence-corrected chi connectivity index (χ1v) is 6.65. The first-order chi connectivity index (χ1) is 8.60. The summed E-state index contributed by atoms with van der Waals surface area (Å²) in [6.45, 7) is 4.49. The lowest BCUT2D eigenvalue weighted by molar-refractivity contribution is -0.0380. The van der Waals surface area contributed by atoms with Crippen LogP contribution in [0.2, 0.25) is 0 Å². The molecule has 1 aliphatic carbocycles. The molecule has 3 heteroatoms. The van der Waals surface area contributed by atoms with E-state index in [0.29, 0.717) is 17.6 Å². The summed E-state index contributed by atoms with van der Waals surface area (Å²) in [7, 11) is 0. The molecule has 1 saturated carbocycles. The molecular weight excluding hydrogens is 231 g/mol. The highest BCUT2D eigenvalue weighted by atomic mass is 19.1. The van der Waals surface area contributed by atoms with Crippen molar-refractivity contribution < 1.29 is 14.2 Å². The maximum Gasteiger partial charge on any atom is 0.126 e. The molecule has 0 aromatic heterocycles. The molecule has 1 aromatic carbocycles. The van der Waals surface area contributed by atoms with E-state index >= 15 is 0 Å². The number of aliphatic hydroxyl groups is 1. The Kier molecular flexibility index (Phi) is 4.36. The number of hydrogen-bond acceptors (Lipinski definition) is 2. The van der Waals surface area contributed by atoms with Crippen molar-refractivity contribution in [3.63, 3.8) is 0 Å². The largest absolute Gasteiger partial charge is 0.388 e. The van der Waals surface area contributed by atoms with Crippen LogP contribution in [0.4, 0.5) is 4.39 Å². The van der Waals surface area contributed by atoms with E-state index in [-0.39, 0.29) is 5.82 Å². The highest BCUT2D eigenvalue weighted by molar-refractivity contribution is 5.25. The van der Waals surface area contributed by atoms with Crippen molar-refractivity contribution >= 4 is 0 Å². The van der Waals surface area contributed by atoms with Crippen molar-refractivity contribution in [2.75, 3.05) is 6.61 Å². The summed E-state index contributed by atoms with van der Waals surface area (Å²) >= 11 is 0. The average Bonchev–Trinajstić information content (AvgIpc) is 2.30. The van der Waals surface area contributed by atoms with Gasteiger partial charge in [-0.1, -0.05) is 12.1 Å². The van der Waals surface area contributed by atoms with Gasteiger partial charge in [0, 0.05) is 6.61 Å². The third kappa shape index (κ3) is 3.09. The Balaban J connectivity index is 1.85. The minimum atomic E-state index is -0.489. The Morgan fingerprint density at radius 2 is 2.17 bits per heavy atom. The molecule has 1 atom stereocenters. The zero-order valence-electron chi connectivity index (χ0n) is 11.0. The third-order valence-corrected chi connectivity index (χ3v) is 3.72. The summed E-state index contributed by atoms with van der Waals surface area (Å²) in [5.41, 5.74) is 1.40. The van der Waals surface area contributed by atoms with Gasteiger partial charge in [-0.05, 0) is 56.2 Å². The van der Waals surface area contributed by atoms with Crippen LogP contribution >= 0.6 is 0 Å². The fraction of sp³-hybridized carbons (Fsp3) is 0.600. The van der Waals surface area contributed by atoms with Gasteiger partial charge in [-0.2, -0.15) is 0 Å². The highest BCUT2D eigenvalue weighted by Gasteiger charge is 2.31. The lowest BCUT2D eigenvalue weighted by atomic mass is 9.78. The number of aryl methyl sites for hydroxylation is 1. The third-order valence-electron chi connectivity index (χ3n) is 3.72. The molecule has 2 rings (SSSR count). The molecule has 0 bridgehead atoms. The van der Waals surface area contributed by atoms with Gasteiger partial charge >= 0.3 is 0 Å². The van der Waals surface area contributed by atoms with Crippen LogP contribution < -0.4 is 0 Å². The molecule has 0 radical (unpaired) electrons. The molecule has 1 aliphatic rings. The highest BCUT2D eigenvalue weighted by Crippen LogP contribution is 2.37. The van der Waals surface area contributed by atoms with Gasteiger partial charge in [-0.3, -0.25) is 0 Å². The van der Waals surface area contributed by atoms with Crippen LogP contribution in [0.3, 0.4) is 0 Å². The average molecular weight is 252 g/mol. The maximum absolute atomic E-state index is 13.1. The minimum absolute atomic E-state index is 0.217. The zero-order valence-corrected chi connectivity index (χ0v) is 11.0. The molecule has 100 valence electrons. The Labute approximate surface area is 108 Å². The SMILES string of the molecule is CCOC1CC(CC(O)c2ccc(F)c(C)c2)C1. The maximum atomic E-state index is 13.1. The van der Waals surface area contributed by atoms with Crippen LogP contribution in [-0.4, -0.2) is 17.8 Å². The second kappa shape index (κ2) is 5.81. The summed E-state index contributed by atoms with van der Waals surface area (Å²) in [5.74, 6) is 0.313. The number of hydrogen-bond donors (Lipinski definition) is 1. The molecule has 0 saturated heterocycles. The predicted octanol–water partition coefficient (Wildman–Crippen LogP) is 3.37. The summed E-state index contributed by atoms with van der Waals surface area (Å²) in [6.07, 6.45) is 2.70. The van der Waals surface area contributed by atoms with Crippen molar-refractivity contribution in [2.24, 2.45) is 5.92 Å². The Bertz CT molecular complexity index is 399. The number of benzene rings is 1. The lowest BCUT2D eigenvalue weighted by Gasteiger charge is -2.36. The van der Waals surface area contributed by atoms with Crippen LogP contribution in [0.1, 0.15) is 43.4 Å². The zero-order chi connectivity index (χ0) is 13.1. The van der Waals surface area contributed by atoms with Crippen LogP contribution in [0, 0.1) is 18.7 Å². The van der Waals surface area contributed by atoms with Gasteiger partial charge in [0.15, 0.2) is 0 Å². The van der Waals surface area contributed by atoms with E-state index in [1.807, 2.05) is 6.92 Å². The lowest BCUT2D eigenvalue weighted by Crippen LogP contribution is -2.32. The molecule has 0 spiro atoms. The van der Waals surface area contributed by atoms with Gasteiger partial charge in [-0.15, -0.1) is 0 Å². The molecule has 1 aromatic rings. The molecule has 1 unspecified atom stereocenters. The van der Waals surface area contributed by atoms with Gasteiger partial charge in [0.05, 0.1) is 12.2 Å². The fourth-order valence-electron chi connectivity index (χ4n) is 2.57. The van der Waals surface area contributed by atoms with E-state index in [2.05, 4.69) is 0 Å². The van der Waals surface area contributed by atoms with Crippen molar-refractivity contribution in [1.29, 1.82) is 0 Å². The van der Waals surface area contributed by atoms with Crippen LogP contribution in [-0.2, 0) is 4.74 Å². The second-order valence-electron chi connectivity index (χ2n) is 5.17.